The topological polar surface area (TPSA) is 144 Å². The second-order valence-electron chi connectivity index (χ2n) is 8.11. The van der Waals surface area contributed by atoms with Crippen LogP contribution in [0.15, 0.2) is 53.3 Å². The van der Waals surface area contributed by atoms with Gasteiger partial charge in [-0.25, -0.2) is 4.79 Å². The van der Waals surface area contributed by atoms with Crippen molar-refractivity contribution < 1.29 is 37.0 Å². The summed E-state index contributed by atoms with van der Waals surface area (Å²) in [5, 5.41) is 2.78. The van der Waals surface area contributed by atoms with Gasteiger partial charge in [0.15, 0.2) is 6.10 Å². The number of hydrogen-bond donors (Lipinski definition) is 3. The summed E-state index contributed by atoms with van der Waals surface area (Å²) in [5.74, 6) is -1.27. The maximum absolute atomic E-state index is 13.4. The summed E-state index contributed by atoms with van der Waals surface area (Å²) >= 11 is 0. The summed E-state index contributed by atoms with van der Waals surface area (Å²) < 4.78 is 50.5. The standard InChI is InChI=1S/C24H21F3N4O6.ClH/c25-24(26,27)18-4-2-1-3-16(18)19-7-13-5-6-14(8-17(13)22(34)30-19)31-11-15(37-23(31)35)12-36-21(33)10-29-20(32)9-28;/h1-8,15H,9-12,28H2,(H,29,32)(H,30,34);1H/t15-;/m0./s1. The van der Waals surface area contributed by atoms with Gasteiger partial charge in [0.1, 0.15) is 13.2 Å². The molecule has 2 heterocycles. The number of carbonyl (C=O) groups excluding carboxylic acids is 3. The van der Waals surface area contributed by atoms with Crippen molar-refractivity contribution >= 4 is 46.8 Å². The van der Waals surface area contributed by atoms with E-state index in [1.807, 2.05) is 0 Å². The van der Waals surface area contributed by atoms with Crippen molar-refractivity contribution in [2.75, 3.05) is 31.1 Å². The van der Waals surface area contributed by atoms with Crippen LogP contribution >= 0.6 is 12.4 Å². The average molecular weight is 555 g/mol. The minimum Gasteiger partial charge on any atom is -0.460 e. The van der Waals surface area contributed by atoms with Crippen LogP contribution in [0.1, 0.15) is 5.56 Å². The number of fused-ring (bicyclic) bond motifs is 1. The number of nitrogens with one attached hydrogen (secondary N) is 2. The van der Waals surface area contributed by atoms with E-state index in [2.05, 4.69) is 10.3 Å². The van der Waals surface area contributed by atoms with Gasteiger partial charge in [0.2, 0.25) is 5.91 Å². The van der Waals surface area contributed by atoms with Gasteiger partial charge in [-0.3, -0.25) is 19.3 Å². The number of anilines is 1. The molecule has 0 radical (unpaired) electrons. The van der Waals surface area contributed by atoms with Crippen LogP contribution in [0.2, 0.25) is 0 Å². The summed E-state index contributed by atoms with van der Waals surface area (Å²) in [6.07, 6.45) is -6.13. The molecule has 38 heavy (non-hydrogen) atoms. The first-order chi connectivity index (χ1) is 17.6. The lowest BCUT2D eigenvalue weighted by molar-refractivity contribution is -0.146. The average Bonchev–Trinajstić information content (AvgIpc) is 3.25. The lowest BCUT2D eigenvalue weighted by atomic mass is 10.0. The second kappa shape index (κ2) is 11.5. The fraction of sp³-hybridized carbons (Fsp3) is 0.250. The zero-order valence-electron chi connectivity index (χ0n) is 19.5. The number of aromatic amines is 1. The van der Waals surface area contributed by atoms with Crippen molar-refractivity contribution in [1.29, 1.82) is 0 Å². The van der Waals surface area contributed by atoms with E-state index in [4.69, 9.17) is 15.2 Å². The number of ether oxygens (including phenoxy) is 2. The molecule has 1 atom stereocenters. The Morgan fingerprint density at radius 3 is 2.61 bits per heavy atom. The van der Waals surface area contributed by atoms with Crippen molar-refractivity contribution in [3.05, 3.63) is 64.4 Å². The molecule has 1 fully saturated rings. The predicted molar refractivity (Wildman–Crippen MR) is 133 cm³/mol. The maximum atomic E-state index is 13.4. The monoisotopic (exact) mass is 554 g/mol. The second-order valence-corrected chi connectivity index (χ2v) is 8.11. The summed E-state index contributed by atoms with van der Waals surface area (Å²) in [6.45, 7) is -0.903. The van der Waals surface area contributed by atoms with Crippen LogP contribution in [0.4, 0.5) is 23.7 Å². The van der Waals surface area contributed by atoms with Gasteiger partial charge in [-0.1, -0.05) is 24.3 Å². The Bertz CT molecular complexity index is 1430. The lowest BCUT2D eigenvalue weighted by Crippen LogP contribution is -2.36. The zero-order valence-corrected chi connectivity index (χ0v) is 20.4. The first-order valence-electron chi connectivity index (χ1n) is 11.0. The molecular weight excluding hydrogens is 533 g/mol. The lowest BCUT2D eigenvalue weighted by Gasteiger charge is -2.15. The molecule has 1 aliphatic heterocycles. The van der Waals surface area contributed by atoms with Crippen LogP contribution in [0, 0.1) is 0 Å². The van der Waals surface area contributed by atoms with Gasteiger partial charge in [-0.05, 0) is 29.7 Å². The van der Waals surface area contributed by atoms with Crippen molar-refractivity contribution in [3.63, 3.8) is 0 Å². The number of carbonyl (C=O) groups is 3. The van der Waals surface area contributed by atoms with E-state index in [9.17, 15) is 32.3 Å². The SMILES string of the molecule is Cl.NCC(=O)NCC(=O)OC[C@@H]1CN(c2ccc3cc(-c4ccccc4C(F)(F)F)[nH]c(=O)c3c2)C(=O)O1. The minimum atomic E-state index is -4.61. The molecule has 0 unspecified atom stereocenters. The number of pyridine rings is 1. The highest BCUT2D eigenvalue weighted by Gasteiger charge is 2.35. The first-order valence-corrected chi connectivity index (χ1v) is 11.0. The third-order valence-corrected chi connectivity index (χ3v) is 5.58. The highest BCUT2D eigenvalue weighted by molar-refractivity contribution is 5.95. The molecule has 202 valence electrons. The smallest absolute Gasteiger partial charge is 0.417 e. The Hall–Kier alpha value is -4.10. The van der Waals surface area contributed by atoms with Gasteiger partial charge in [-0.15, -0.1) is 12.4 Å². The molecule has 4 rings (SSSR count). The fourth-order valence-electron chi connectivity index (χ4n) is 3.83. The number of H-pyrrole nitrogens is 1. The van der Waals surface area contributed by atoms with E-state index in [1.165, 1.54) is 47.4 Å². The minimum absolute atomic E-state index is 0. The van der Waals surface area contributed by atoms with Crippen molar-refractivity contribution in [2.24, 2.45) is 5.73 Å². The number of amides is 2. The Labute approximate surface area is 219 Å². The zero-order chi connectivity index (χ0) is 26.7. The van der Waals surface area contributed by atoms with Crippen LogP contribution in [-0.4, -0.2) is 55.3 Å². The van der Waals surface area contributed by atoms with E-state index in [0.717, 1.165) is 6.07 Å². The maximum Gasteiger partial charge on any atom is 0.417 e. The fourth-order valence-corrected chi connectivity index (χ4v) is 3.83. The Kier molecular flexibility index (Phi) is 8.63. The molecule has 0 bridgehead atoms. The molecule has 0 saturated carbocycles. The van der Waals surface area contributed by atoms with Crippen LogP contribution < -0.4 is 21.5 Å². The molecule has 10 nitrogen and oxygen atoms in total. The van der Waals surface area contributed by atoms with Gasteiger partial charge in [0, 0.05) is 22.3 Å². The largest absolute Gasteiger partial charge is 0.460 e. The van der Waals surface area contributed by atoms with E-state index < -0.39 is 41.4 Å². The predicted octanol–water partition coefficient (Wildman–Crippen LogP) is 2.58. The van der Waals surface area contributed by atoms with Crippen LogP contribution in [0.25, 0.3) is 22.0 Å². The molecule has 0 aliphatic carbocycles. The van der Waals surface area contributed by atoms with E-state index in [0.29, 0.717) is 11.1 Å². The molecule has 1 saturated heterocycles. The van der Waals surface area contributed by atoms with Gasteiger partial charge >= 0.3 is 18.2 Å². The molecule has 2 aromatic carbocycles. The van der Waals surface area contributed by atoms with Crippen molar-refractivity contribution in [2.45, 2.75) is 12.3 Å². The molecule has 1 aromatic heterocycles. The summed E-state index contributed by atoms with van der Waals surface area (Å²) in [7, 11) is 0. The number of aromatic nitrogens is 1. The van der Waals surface area contributed by atoms with Gasteiger partial charge < -0.3 is 25.5 Å². The van der Waals surface area contributed by atoms with Crippen LogP contribution in [0.3, 0.4) is 0 Å². The Morgan fingerprint density at radius 2 is 1.89 bits per heavy atom. The summed E-state index contributed by atoms with van der Waals surface area (Å²) in [6, 6.07) is 10.8. The number of halogens is 4. The van der Waals surface area contributed by atoms with Crippen LogP contribution in [0.5, 0.6) is 0 Å². The van der Waals surface area contributed by atoms with E-state index in [1.54, 1.807) is 0 Å². The van der Waals surface area contributed by atoms with E-state index >= 15 is 0 Å². The Morgan fingerprint density at radius 1 is 1.16 bits per heavy atom. The number of hydrogen-bond acceptors (Lipinski definition) is 7. The number of cyclic esters (lactones) is 1. The molecule has 4 N–H and O–H groups in total. The quantitative estimate of drug-likeness (QED) is 0.381. The van der Waals surface area contributed by atoms with Crippen LogP contribution in [-0.2, 0) is 25.2 Å². The number of alkyl halides is 3. The molecular formula is C24H22ClF3N4O6. The summed E-state index contributed by atoms with van der Waals surface area (Å²) in [5.41, 5.74) is 3.77. The molecule has 0 spiro atoms. The molecule has 1 aliphatic rings. The molecule has 14 heteroatoms. The highest BCUT2D eigenvalue weighted by Crippen LogP contribution is 2.36. The molecule has 2 amide bonds. The normalized spacial score (nSPS) is 15.1. The Balaban J connectivity index is 0.00000400. The van der Waals surface area contributed by atoms with Crippen molar-refractivity contribution in [3.8, 4) is 11.3 Å². The van der Waals surface area contributed by atoms with Crippen molar-refractivity contribution in [1.82, 2.24) is 10.3 Å². The third-order valence-electron chi connectivity index (χ3n) is 5.58. The van der Waals surface area contributed by atoms with E-state index in [-0.39, 0.29) is 55.3 Å². The van der Waals surface area contributed by atoms with Gasteiger partial charge in [0.25, 0.3) is 5.56 Å². The third kappa shape index (κ3) is 6.23. The molecule has 3 aromatic rings. The van der Waals surface area contributed by atoms with Gasteiger partial charge in [-0.2, -0.15) is 13.2 Å². The number of nitrogens with two attached hydrogens (primary N) is 1. The number of rotatable bonds is 7. The van der Waals surface area contributed by atoms with Gasteiger partial charge in [0.05, 0.1) is 18.7 Å². The highest BCUT2D eigenvalue weighted by atomic mass is 35.5. The summed E-state index contributed by atoms with van der Waals surface area (Å²) in [4.78, 5) is 51.7. The first kappa shape index (κ1) is 28.5. The number of benzene rings is 2. The number of esters is 1. The number of nitrogens with zero attached hydrogens (tertiary/aromatic N) is 1.